The Bertz CT molecular complexity index is 503. The molecule has 0 aliphatic rings. The largest absolute Gasteiger partial charge is 0.330 e. The van der Waals surface area contributed by atoms with Crippen LogP contribution in [0.1, 0.15) is 50.9 Å². The van der Waals surface area contributed by atoms with E-state index in [-0.39, 0.29) is 5.41 Å². The molecule has 0 bridgehead atoms. The lowest BCUT2D eigenvalue weighted by Crippen LogP contribution is -2.17. The third-order valence-electron chi connectivity index (χ3n) is 2.80. The van der Waals surface area contributed by atoms with E-state index in [0.717, 1.165) is 22.2 Å². The van der Waals surface area contributed by atoms with Gasteiger partial charge in [0, 0.05) is 17.9 Å². The summed E-state index contributed by atoms with van der Waals surface area (Å²) >= 11 is 1.59. The molecule has 0 saturated carbocycles. The van der Waals surface area contributed by atoms with Crippen LogP contribution in [-0.2, 0) is 5.41 Å². The highest BCUT2D eigenvalue weighted by Crippen LogP contribution is 2.27. The van der Waals surface area contributed by atoms with Gasteiger partial charge in [0.2, 0.25) is 4.96 Å². The van der Waals surface area contributed by atoms with Crippen molar-refractivity contribution in [3.8, 4) is 0 Å². The van der Waals surface area contributed by atoms with Crippen LogP contribution in [0, 0.1) is 0 Å². The molecule has 0 aliphatic heterocycles. The minimum atomic E-state index is -0.0464. The van der Waals surface area contributed by atoms with E-state index >= 15 is 0 Å². The molecule has 0 radical (unpaired) electrons. The summed E-state index contributed by atoms with van der Waals surface area (Å²) in [5.41, 5.74) is 5.70. The number of nitrogens with zero attached hydrogens (tertiary/aromatic N) is 4. The Morgan fingerprint density at radius 3 is 2.59 bits per heavy atom. The molecule has 1 atom stereocenters. The molecule has 2 N–H and O–H groups in total. The Kier molecular flexibility index (Phi) is 3.18. The van der Waals surface area contributed by atoms with Gasteiger partial charge in [0.05, 0.1) is 0 Å². The van der Waals surface area contributed by atoms with E-state index in [2.05, 4.69) is 43.0 Å². The van der Waals surface area contributed by atoms with Gasteiger partial charge in [-0.25, -0.2) is 0 Å². The fraction of sp³-hybridized carbons (Fsp3) is 0.727. The van der Waals surface area contributed by atoms with Crippen LogP contribution >= 0.6 is 11.3 Å². The van der Waals surface area contributed by atoms with Crippen molar-refractivity contribution < 1.29 is 0 Å². The maximum absolute atomic E-state index is 5.75. The average Bonchev–Trinajstić information content (AvgIpc) is 2.76. The standard InChI is InChI=1S/C11H19N5S/c1-5-7(6-12)8-15-16-9(11(2,3)4)13-14-10(16)17-8/h7H,5-6,12H2,1-4H3. The van der Waals surface area contributed by atoms with E-state index in [4.69, 9.17) is 5.73 Å². The van der Waals surface area contributed by atoms with Crippen molar-refractivity contribution in [1.82, 2.24) is 19.8 Å². The van der Waals surface area contributed by atoms with E-state index in [1.807, 2.05) is 4.52 Å². The van der Waals surface area contributed by atoms with Gasteiger partial charge in [-0.2, -0.15) is 9.61 Å². The number of nitrogens with two attached hydrogens (primary N) is 1. The van der Waals surface area contributed by atoms with E-state index < -0.39 is 0 Å². The number of hydrogen-bond acceptors (Lipinski definition) is 5. The van der Waals surface area contributed by atoms with Crippen molar-refractivity contribution in [3.05, 3.63) is 10.8 Å². The third kappa shape index (κ3) is 2.19. The SMILES string of the molecule is CCC(CN)c1nn2c(C(C)(C)C)nnc2s1. The summed E-state index contributed by atoms with van der Waals surface area (Å²) in [4.78, 5) is 0.858. The molecule has 94 valence electrons. The van der Waals surface area contributed by atoms with Crippen LogP contribution < -0.4 is 5.73 Å². The average molecular weight is 253 g/mol. The molecule has 17 heavy (non-hydrogen) atoms. The Balaban J connectivity index is 2.48. The Morgan fingerprint density at radius 1 is 1.35 bits per heavy atom. The highest BCUT2D eigenvalue weighted by Gasteiger charge is 2.24. The lowest BCUT2D eigenvalue weighted by atomic mass is 9.96. The molecule has 1 unspecified atom stereocenters. The summed E-state index contributed by atoms with van der Waals surface area (Å²) in [5.74, 6) is 1.23. The van der Waals surface area contributed by atoms with Crippen molar-refractivity contribution in [2.45, 2.75) is 45.4 Å². The van der Waals surface area contributed by atoms with Crippen LogP contribution in [0.15, 0.2) is 0 Å². The van der Waals surface area contributed by atoms with Crippen molar-refractivity contribution in [2.24, 2.45) is 5.73 Å². The van der Waals surface area contributed by atoms with Crippen molar-refractivity contribution in [2.75, 3.05) is 6.54 Å². The number of rotatable bonds is 3. The first kappa shape index (κ1) is 12.4. The molecule has 0 aromatic carbocycles. The first-order chi connectivity index (χ1) is 7.97. The lowest BCUT2D eigenvalue weighted by Gasteiger charge is -2.14. The normalized spacial score (nSPS) is 14.4. The smallest absolute Gasteiger partial charge is 0.234 e. The van der Waals surface area contributed by atoms with E-state index in [9.17, 15) is 0 Å². The van der Waals surface area contributed by atoms with E-state index in [1.54, 1.807) is 11.3 Å². The predicted molar refractivity (Wildman–Crippen MR) is 69.4 cm³/mol. The van der Waals surface area contributed by atoms with Gasteiger partial charge in [-0.3, -0.25) is 0 Å². The highest BCUT2D eigenvalue weighted by atomic mass is 32.1. The van der Waals surface area contributed by atoms with Crippen molar-refractivity contribution in [3.63, 3.8) is 0 Å². The number of aromatic nitrogens is 4. The fourth-order valence-corrected chi connectivity index (χ4v) is 2.74. The molecule has 0 fully saturated rings. The van der Waals surface area contributed by atoms with Crippen LogP contribution in [0.2, 0.25) is 0 Å². The zero-order valence-electron chi connectivity index (χ0n) is 10.8. The van der Waals surface area contributed by atoms with Crippen LogP contribution in [0.5, 0.6) is 0 Å². The second-order valence-corrected chi connectivity index (χ2v) is 6.24. The molecule has 2 rings (SSSR count). The third-order valence-corrected chi connectivity index (χ3v) is 3.87. The van der Waals surface area contributed by atoms with E-state index in [0.29, 0.717) is 12.5 Å². The van der Waals surface area contributed by atoms with Crippen LogP contribution in [0.4, 0.5) is 0 Å². The minimum absolute atomic E-state index is 0.0464. The summed E-state index contributed by atoms with van der Waals surface area (Å²) in [5, 5.41) is 14.1. The van der Waals surface area contributed by atoms with Gasteiger partial charge in [-0.15, -0.1) is 10.2 Å². The summed E-state index contributed by atoms with van der Waals surface area (Å²) in [6.45, 7) is 9.10. The molecule has 2 aromatic rings. The maximum atomic E-state index is 5.75. The second-order valence-electron chi connectivity index (χ2n) is 5.25. The molecule has 5 nitrogen and oxygen atoms in total. The summed E-state index contributed by atoms with van der Waals surface area (Å²) < 4.78 is 1.86. The van der Waals surface area contributed by atoms with Gasteiger partial charge in [0.25, 0.3) is 0 Å². The maximum Gasteiger partial charge on any atom is 0.234 e. The first-order valence-corrected chi connectivity index (χ1v) is 6.71. The molecule has 0 saturated heterocycles. The molecular weight excluding hydrogens is 234 g/mol. The lowest BCUT2D eigenvalue weighted by molar-refractivity contribution is 0.524. The van der Waals surface area contributed by atoms with Gasteiger partial charge in [0.1, 0.15) is 5.01 Å². The zero-order valence-corrected chi connectivity index (χ0v) is 11.6. The van der Waals surface area contributed by atoms with Gasteiger partial charge < -0.3 is 5.73 Å². The van der Waals surface area contributed by atoms with Crippen LogP contribution in [0.3, 0.4) is 0 Å². The highest BCUT2D eigenvalue weighted by molar-refractivity contribution is 7.16. The minimum Gasteiger partial charge on any atom is -0.330 e. The fourth-order valence-electron chi connectivity index (χ4n) is 1.71. The number of hydrogen-bond donors (Lipinski definition) is 1. The van der Waals surface area contributed by atoms with Crippen LogP contribution in [-0.4, -0.2) is 26.4 Å². The number of fused-ring (bicyclic) bond motifs is 1. The van der Waals surface area contributed by atoms with Gasteiger partial charge in [-0.05, 0) is 6.42 Å². The predicted octanol–water partition coefficient (Wildman–Crippen LogP) is 1.94. The molecule has 0 spiro atoms. The molecule has 2 aromatic heterocycles. The Morgan fingerprint density at radius 2 is 2.06 bits per heavy atom. The Labute approximate surface area is 105 Å². The molecule has 0 aliphatic carbocycles. The summed E-state index contributed by atoms with van der Waals surface area (Å²) in [6, 6.07) is 0. The molecule has 0 amide bonds. The monoisotopic (exact) mass is 253 g/mol. The zero-order chi connectivity index (χ0) is 12.6. The topological polar surface area (TPSA) is 69.1 Å². The van der Waals surface area contributed by atoms with Gasteiger partial charge >= 0.3 is 0 Å². The van der Waals surface area contributed by atoms with Crippen molar-refractivity contribution in [1.29, 1.82) is 0 Å². The molecule has 2 heterocycles. The molecule has 6 heteroatoms. The molecular formula is C11H19N5S. The van der Waals surface area contributed by atoms with Crippen molar-refractivity contribution >= 4 is 16.3 Å². The van der Waals surface area contributed by atoms with E-state index in [1.165, 1.54) is 0 Å². The quantitative estimate of drug-likeness (QED) is 0.907. The van der Waals surface area contributed by atoms with Gasteiger partial charge in [-0.1, -0.05) is 39.0 Å². The summed E-state index contributed by atoms with van der Waals surface area (Å²) in [6.07, 6.45) is 1.01. The van der Waals surface area contributed by atoms with Gasteiger partial charge in [0.15, 0.2) is 5.82 Å². The summed E-state index contributed by atoms with van der Waals surface area (Å²) in [7, 11) is 0. The van der Waals surface area contributed by atoms with Crippen LogP contribution in [0.25, 0.3) is 4.96 Å². The second kappa shape index (κ2) is 4.34. The Hall–Kier alpha value is -1.01. The first-order valence-electron chi connectivity index (χ1n) is 5.90.